The standard InChI is InChI=1S/C13H22Cl2O4/c1-4-7-8-10(14)9-13(15,11(16)18-5-2)12(17)19-6-3/h10H,4-9H2,1-3H3. The predicted octanol–water partition coefficient (Wildman–Crippen LogP) is 3.28. The van der Waals surface area contributed by atoms with Gasteiger partial charge in [0, 0.05) is 11.8 Å². The van der Waals surface area contributed by atoms with Crippen molar-refractivity contribution in [2.75, 3.05) is 13.2 Å². The van der Waals surface area contributed by atoms with Crippen LogP contribution in [0.25, 0.3) is 0 Å². The van der Waals surface area contributed by atoms with Crippen LogP contribution in [0.4, 0.5) is 0 Å². The number of hydrogen-bond donors (Lipinski definition) is 0. The molecule has 0 bridgehead atoms. The number of rotatable bonds is 9. The summed E-state index contributed by atoms with van der Waals surface area (Å²) in [6.07, 6.45) is 2.59. The molecule has 1 atom stereocenters. The molecular formula is C13H22Cl2O4. The van der Waals surface area contributed by atoms with E-state index in [9.17, 15) is 9.59 Å². The number of unbranched alkanes of at least 4 members (excludes halogenated alkanes) is 1. The third-order valence-electron chi connectivity index (χ3n) is 2.57. The van der Waals surface area contributed by atoms with Crippen LogP contribution in [0.3, 0.4) is 0 Å². The van der Waals surface area contributed by atoms with Crippen LogP contribution in [0, 0.1) is 0 Å². The summed E-state index contributed by atoms with van der Waals surface area (Å²) in [5.41, 5.74) is 0. The first kappa shape index (κ1) is 18.5. The fraction of sp³-hybridized carbons (Fsp3) is 0.846. The van der Waals surface area contributed by atoms with Crippen molar-refractivity contribution in [1.29, 1.82) is 0 Å². The highest BCUT2D eigenvalue weighted by atomic mass is 35.5. The van der Waals surface area contributed by atoms with E-state index in [1.54, 1.807) is 13.8 Å². The molecule has 0 radical (unpaired) electrons. The second-order valence-electron chi connectivity index (χ2n) is 4.19. The highest BCUT2D eigenvalue weighted by Crippen LogP contribution is 2.30. The lowest BCUT2D eigenvalue weighted by molar-refractivity contribution is -0.159. The fourth-order valence-electron chi connectivity index (χ4n) is 1.57. The molecule has 0 spiro atoms. The smallest absolute Gasteiger partial charge is 0.338 e. The van der Waals surface area contributed by atoms with Crippen molar-refractivity contribution in [3.63, 3.8) is 0 Å². The first-order chi connectivity index (χ1) is 8.92. The molecule has 0 aromatic heterocycles. The zero-order chi connectivity index (χ0) is 14.9. The Morgan fingerprint density at radius 3 is 1.95 bits per heavy atom. The summed E-state index contributed by atoms with van der Waals surface area (Å²) in [4.78, 5) is 21.9. The van der Waals surface area contributed by atoms with E-state index >= 15 is 0 Å². The molecule has 0 aliphatic carbocycles. The molecule has 19 heavy (non-hydrogen) atoms. The van der Waals surface area contributed by atoms with Gasteiger partial charge in [0.2, 0.25) is 4.87 Å². The zero-order valence-corrected chi connectivity index (χ0v) is 13.2. The minimum Gasteiger partial charge on any atom is -0.464 e. The summed E-state index contributed by atoms with van der Waals surface area (Å²) in [6, 6.07) is 0. The van der Waals surface area contributed by atoms with E-state index in [2.05, 4.69) is 0 Å². The Bertz CT molecular complexity index is 276. The van der Waals surface area contributed by atoms with E-state index in [0.29, 0.717) is 6.42 Å². The highest BCUT2D eigenvalue weighted by molar-refractivity contribution is 6.45. The topological polar surface area (TPSA) is 52.6 Å². The number of hydrogen-bond acceptors (Lipinski definition) is 4. The molecule has 0 aromatic rings. The number of alkyl halides is 2. The summed E-state index contributed by atoms with van der Waals surface area (Å²) in [7, 11) is 0. The molecule has 0 aliphatic rings. The lowest BCUT2D eigenvalue weighted by Gasteiger charge is -2.24. The molecule has 0 N–H and O–H groups in total. The van der Waals surface area contributed by atoms with Crippen LogP contribution in [0.1, 0.15) is 46.5 Å². The van der Waals surface area contributed by atoms with Gasteiger partial charge in [-0.25, -0.2) is 9.59 Å². The Morgan fingerprint density at radius 2 is 1.58 bits per heavy atom. The van der Waals surface area contributed by atoms with Crippen molar-refractivity contribution in [1.82, 2.24) is 0 Å². The van der Waals surface area contributed by atoms with Crippen LogP contribution < -0.4 is 0 Å². The summed E-state index contributed by atoms with van der Waals surface area (Å²) in [6.45, 7) is 5.63. The molecule has 0 aliphatic heterocycles. The number of ether oxygens (including phenoxy) is 2. The van der Waals surface area contributed by atoms with E-state index in [1.165, 1.54) is 0 Å². The minimum absolute atomic E-state index is 0.00772. The molecule has 112 valence electrons. The Morgan fingerprint density at radius 1 is 1.11 bits per heavy atom. The molecular weight excluding hydrogens is 291 g/mol. The zero-order valence-electron chi connectivity index (χ0n) is 11.7. The van der Waals surface area contributed by atoms with Gasteiger partial charge in [-0.3, -0.25) is 0 Å². The second-order valence-corrected chi connectivity index (χ2v) is 5.45. The number of carbonyl (C=O) groups is 2. The maximum atomic E-state index is 11.9. The van der Waals surface area contributed by atoms with Gasteiger partial charge in [-0.2, -0.15) is 0 Å². The predicted molar refractivity (Wildman–Crippen MR) is 75.6 cm³/mol. The monoisotopic (exact) mass is 312 g/mol. The van der Waals surface area contributed by atoms with Gasteiger partial charge in [-0.1, -0.05) is 31.4 Å². The van der Waals surface area contributed by atoms with Gasteiger partial charge in [-0.15, -0.1) is 11.6 Å². The number of halogens is 2. The maximum Gasteiger partial charge on any atom is 0.338 e. The van der Waals surface area contributed by atoms with Gasteiger partial charge >= 0.3 is 11.9 Å². The Labute approximate surface area is 124 Å². The molecule has 1 unspecified atom stereocenters. The van der Waals surface area contributed by atoms with Crippen molar-refractivity contribution in [2.45, 2.75) is 56.7 Å². The molecule has 0 fully saturated rings. The van der Waals surface area contributed by atoms with Crippen LogP contribution in [-0.4, -0.2) is 35.4 Å². The van der Waals surface area contributed by atoms with E-state index in [1.807, 2.05) is 6.92 Å². The molecule has 0 rings (SSSR count). The maximum absolute atomic E-state index is 11.9. The molecule has 0 saturated carbocycles. The average molecular weight is 313 g/mol. The third-order valence-corrected chi connectivity index (χ3v) is 3.41. The highest BCUT2D eigenvalue weighted by Gasteiger charge is 2.48. The average Bonchev–Trinajstić information content (AvgIpc) is 2.36. The van der Waals surface area contributed by atoms with Gasteiger partial charge in [0.25, 0.3) is 0 Å². The SMILES string of the molecule is CCCCC(Cl)CC(Cl)(C(=O)OCC)C(=O)OCC. The van der Waals surface area contributed by atoms with Gasteiger partial charge in [-0.05, 0) is 20.3 Å². The third kappa shape index (κ3) is 6.00. The van der Waals surface area contributed by atoms with Crippen LogP contribution in [0.5, 0.6) is 0 Å². The first-order valence-electron chi connectivity index (χ1n) is 6.59. The van der Waals surface area contributed by atoms with Crippen molar-refractivity contribution >= 4 is 35.1 Å². The number of carbonyl (C=O) groups excluding carboxylic acids is 2. The van der Waals surface area contributed by atoms with E-state index in [0.717, 1.165) is 12.8 Å². The Hall–Kier alpha value is -0.480. The van der Waals surface area contributed by atoms with E-state index in [-0.39, 0.29) is 25.0 Å². The normalized spacial score (nSPS) is 12.9. The largest absolute Gasteiger partial charge is 0.464 e. The van der Waals surface area contributed by atoms with E-state index in [4.69, 9.17) is 32.7 Å². The molecule has 0 heterocycles. The lowest BCUT2D eigenvalue weighted by atomic mass is 9.99. The van der Waals surface area contributed by atoms with Crippen molar-refractivity contribution in [3.05, 3.63) is 0 Å². The van der Waals surface area contributed by atoms with Crippen molar-refractivity contribution < 1.29 is 19.1 Å². The molecule has 0 saturated heterocycles. The van der Waals surface area contributed by atoms with Crippen molar-refractivity contribution in [2.24, 2.45) is 0 Å². The molecule has 4 nitrogen and oxygen atoms in total. The summed E-state index contributed by atoms with van der Waals surface area (Å²) in [5.74, 6) is -1.59. The first-order valence-corrected chi connectivity index (χ1v) is 7.41. The molecule has 0 amide bonds. The number of esters is 2. The summed E-state index contributed by atoms with van der Waals surface area (Å²) in [5, 5.41) is -0.369. The van der Waals surface area contributed by atoms with Crippen LogP contribution in [-0.2, 0) is 19.1 Å². The molecule has 6 heteroatoms. The molecule has 0 aromatic carbocycles. The Balaban J connectivity index is 4.84. The van der Waals surface area contributed by atoms with Gasteiger partial charge in [0.15, 0.2) is 0 Å². The lowest BCUT2D eigenvalue weighted by Crippen LogP contribution is -2.45. The van der Waals surface area contributed by atoms with Gasteiger partial charge in [0.05, 0.1) is 13.2 Å². The van der Waals surface area contributed by atoms with Crippen LogP contribution in [0.15, 0.2) is 0 Å². The minimum atomic E-state index is -1.84. The van der Waals surface area contributed by atoms with Gasteiger partial charge in [0.1, 0.15) is 0 Å². The van der Waals surface area contributed by atoms with E-state index < -0.39 is 16.8 Å². The Kier molecular flexibility index (Phi) is 9.19. The van der Waals surface area contributed by atoms with Crippen LogP contribution >= 0.6 is 23.2 Å². The van der Waals surface area contributed by atoms with Crippen molar-refractivity contribution in [3.8, 4) is 0 Å². The summed E-state index contributed by atoms with van der Waals surface area (Å²) >= 11 is 12.3. The summed E-state index contributed by atoms with van der Waals surface area (Å²) < 4.78 is 9.70. The fourth-order valence-corrected chi connectivity index (χ4v) is 2.33. The quantitative estimate of drug-likeness (QED) is 0.372. The van der Waals surface area contributed by atoms with Gasteiger partial charge < -0.3 is 9.47 Å². The van der Waals surface area contributed by atoms with Crippen LogP contribution in [0.2, 0.25) is 0 Å². The second kappa shape index (κ2) is 9.43.